The van der Waals surface area contributed by atoms with Gasteiger partial charge in [-0.05, 0) is 27.1 Å². The van der Waals surface area contributed by atoms with Crippen LogP contribution in [0.1, 0.15) is 17.3 Å². The third-order valence-corrected chi connectivity index (χ3v) is 6.45. The van der Waals surface area contributed by atoms with Crippen LogP contribution in [0.25, 0.3) is 22.2 Å². The molecule has 2 heterocycles. The number of carbonyl (C=O) groups excluding carboxylic acids is 1. The summed E-state index contributed by atoms with van der Waals surface area (Å²) in [7, 11) is 8.68. The molecule has 0 aliphatic carbocycles. The Morgan fingerprint density at radius 3 is 2.56 bits per heavy atom. The minimum Gasteiger partial charge on any atom is -0.494 e. The number of aromatic nitrogens is 3. The highest BCUT2D eigenvalue weighted by molar-refractivity contribution is 6.02. The van der Waals surface area contributed by atoms with Gasteiger partial charge in [-0.25, -0.2) is 14.8 Å². The first-order valence-electron chi connectivity index (χ1n) is 12.9. The van der Waals surface area contributed by atoms with Gasteiger partial charge in [0, 0.05) is 49.4 Å². The van der Waals surface area contributed by atoms with Crippen molar-refractivity contribution >= 4 is 39.9 Å². The zero-order valence-corrected chi connectivity index (χ0v) is 23.9. The highest BCUT2D eigenvalue weighted by atomic mass is 16.6. The number of hydrogen-bond acceptors (Lipinski definition) is 11. The van der Waals surface area contributed by atoms with Gasteiger partial charge in [-0.3, -0.25) is 10.1 Å². The molecule has 13 heteroatoms. The number of nitrogens with zero attached hydrogens (tertiary/aromatic N) is 6. The fraction of sp³-hybridized carbons (Fsp3) is 0.321. The monoisotopic (exact) mass is 563 g/mol. The number of esters is 1. The number of nitro benzene ring substituents is 1. The average molecular weight is 564 g/mol. The molecule has 0 aliphatic heterocycles. The van der Waals surface area contributed by atoms with Crippen molar-refractivity contribution < 1.29 is 24.0 Å². The summed E-state index contributed by atoms with van der Waals surface area (Å²) in [6, 6.07) is 10.5. The molecule has 13 nitrogen and oxygen atoms in total. The highest BCUT2D eigenvalue weighted by Crippen LogP contribution is 2.39. The normalized spacial score (nSPS) is 11.0. The fourth-order valence-electron chi connectivity index (χ4n) is 4.36. The molecule has 0 aliphatic rings. The van der Waals surface area contributed by atoms with Gasteiger partial charge in [-0.15, -0.1) is 0 Å². The van der Waals surface area contributed by atoms with E-state index in [2.05, 4.69) is 15.3 Å². The van der Waals surface area contributed by atoms with Gasteiger partial charge in [0.2, 0.25) is 5.95 Å². The van der Waals surface area contributed by atoms with Crippen LogP contribution in [0.4, 0.5) is 23.0 Å². The molecule has 0 saturated carbocycles. The van der Waals surface area contributed by atoms with E-state index in [-0.39, 0.29) is 29.5 Å². The molecule has 4 aromatic rings. The van der Waals surface area contributed by atoms with Crippen molar-refractivity contribution in [1.29, 1.82) is 0 Å². The molecule has 0 unspecified atom stereocenters. The number of nitrogens with one attached hydrogen (secondary N) is 1. The number of benzene rings is 2. The summed E-state index contributed by atoms with van der Waals surface area (Å²) in [5.74, 6) is -0.122. The van der Waals surface area contributed by atoms with E-state index in [0.717, 1.165) is 10.9 Å². The molecule has 0 fully saturated rings. The first kappa shape index (κ1) is 29.1. The number of ether oxygens (including phenoxy) is 2. The maximum atomic E-state index is 12.9. The standard InChI is InChI=1S/C28H33N7O6/c1-7-41-27(36)19-16-29-28(31-26(19)20-17-34(40-6)22-11-9-8-10-18(20)22)30-21-14-24(35(37)38)23(15-25(21)39-5)33(4)13-12-32(2)3/h8-11,14-17H,7,12-13H2,1-6H3,(H,29,30,31). The Morgan fingerprint density at radius 2 is 1.90 bits per heavy atom. The van der Waals surface area contributed by atoms with Gasteiger partial charge in [-0.2, -0.15) is 4.73 Å². The van der Waals surface area contributed by atoms with Crippen molar-refractivity contribution in [3.8, 4) is 17.0 Å². The lowest BCUT2D eigenvalue weighted by atomic mass is 10.1. The number of rotatable bonds is 12. The molecule has 0 amide bonds. The van der Waals surface area contributed by atoms with E-state index >= 15 is 0 Å². The van der Waals surface area contributed by atoms with E-state index in [9.17, 15) is 14.9 Å². The summed E-state index contributed by atoms with van der Waals surface area (Å²) in [6.07, 6.45) is 3.09. The minimum absolute atomic E-state index is 0.101. The number of hydrogen-bond donors (Lipinski definition) is 1. The molecule has 0 spiro atoms. The SMILES string of the molecule is CCOC(=O)c1cnc(Nc2cc([N+](=O)[O-])c(N(C)CCN(C)C)cc2OC)nc1-c1cn(OC)c2ccccc12. The average Bonchev–Trinajstić information content (AvgIpc) is 3.34. The zero-order chi connectivity index (χ0) is 29.7. The molecule has 0 bridgehead atoms. The Kier molecular flexibility index (Phi) is 8.87. The maximum Gasteiger partial charge on any atom is 0.341 e. The van der Waals surface area contributed by atoms with Crippen LogP contribution in [0.3, 0.4) is 0 Å². The summed E-state index contributed by atoms with van der Waals surface area (Å²) in [6.45, 7) is 3.17. The Labute approximate surface area is 237 Å². The van der Waals surface area contributed by atoms with Crippen LogP contribution >= 0.6 is 0 Å². The van der Waals surface area contributed by atoms with Crippen molar-refractivity contribution in [1.82, 2.24) is 19.6 Å². The van der Waals surface area contributed by atoms with E-state index in [1.807, 2.05) is 43.3 Å². The molecule has 2 aromatic heterocycles. The van der Waals surface area contributed by atoms with Gasteiger partial charge in [0.15, 0.2) is 0 Å². The van der Waals surface area contributed by atoms with Crippen molar-refractivity contribution in [3.05, 3.63) is 64.5 Å². The third kappa shape index (κ3) is 6.14. The molecule has 4 rings (SSSR count). The smallest absolute Gasteiger partial charge is 0.341 e. The van der Waals surface area contributed by atoms with Crippen LogP contribution in [-0.2, 0) is 4.74 Å². The van der Waals surface area contributed by atoms with Crippen LogP contribution in [-0.4, -0.2) is 85.5 Å². The summed E-state index contributed by atoms with van der Waals surface area (Å²) in [5.41, 5.74) is 2.45. The summed E-state index contributed by atoms with van der Waals surface area (Å²) < 4.78 is 12.4. The molecule has 216 valence electrons. The van der Waals surface area contributed by atoms with Crippen LogP contribution in [0, 0.1) is 10.1 Å². The summed E-state index contributed by atoms with van der Waals surface area (Å²) in [5, 5.41) is 15.9. The largest absolute Gasteiger partial charge is 0.494 e. The molecule has 41 heavy (non-hydrogen) atoms. The molecule has 0 saturated heterocycles. The second kappa shape index (κ2) is 12.5. The van der Waals surface area contributed by atoms with Crippen molar-refractivity contribution in [3.63, 3.8) is 0 Å². The number of carbonyl (C=O) groups is 1. The number of nitro groups is 1. The first-order chi connectivity index (χ1) is 19.7. The molecule has 2 aromatic carbocycles. The number of fused-ring (bicyclic) bond motifs is 1. The Bertz CT molecular complexity index is 1570. The van der Waals surface area contributed by atoms with Gasteiger partial charge in [0.05, 0.1) is 41.7 Å². The lowest BCUT2D eigenvalue weighted by Crippen LogP contribution is -2.29. The number of likely N-dealkylation sites (N-methyl/N-ethyl adjacent to an activating group) is 2. The van der Waals surface area contributed by atoms with Crippen LogP contribution in [0.5, 0.6) is 5.75 Å². The van der Waals surface area contributed by atoms with Gasteiger partial charge < -0.3 is 29.4 Å². The van der Waals surface area contributed by atoms with Crippen LogP contribution in [0.15, 0.2) is 48.8 Å². The number of para-hydroxylation sites is 1. The predicted molar refractivity (Wildman–Crippen MR) is 156 cm³/mol. The van der Waals surface area contributed by atoms with Gasteiger partial charge in [0.1, 0.15) is 24.1 Å². The van der Waals surface area contributed by atoms with Crippen LogP contribution < -0.4 is 19.8 Å². The first-order valence-corrected chi connectivity index (χ1v) is 12.9. The maximum absolute atomic E-state index is 12.9. The molecular formula is C28H33N7O6. The Hall–Kier alpha value is -4.91. The molecule has 1 N–H and O–H groups in total. The Morgan fingerprint density at radius 1 is 1.15 bits per heavy atom. The van der Waals surface area contributed by atoms with Gasteiger partial charge >= 0.3 is 5.97 Å². The van der Waals surface area contributed by atoms with E-state index in [1.165, 1.54) is 26.5 Å². The van der Waals surface area contributed by atoms with E-state index in [4.69, 9.17) is 14.3 Å². The van der Waals surface area contributed by atoms with E-state index in [0.29, 0.717) is 35.8 Å². The van der Waals surface area contributed by atoms with Crippen molar-refractivity contribution in [2.24, 2.45) is 0 Å². The van der Waals surface area contributed by atoms with Crippen LogP contribution in [0.2, 0.25) is 0 Å². The fourth-order valence-corrected chi connectivity index (χ4v) is 4.36. The molecule has 0 radical (unpaired) electrons. The van der Waals surface area contributed by atoms with E-state index < -0.39 is 10.9 Å². The summed E-state index contributed by atoms with van der Waals surface area (Å²) in [4.78, 5) is 42.7. The van der Waals surface area contributed by atoms with Crippen molar-refractivity contribution in [2.45, 2.75) is 6.92 Å². The number of anilines is 3. The number of methoxy groups -OCH3 is 1. The third-order valence-electron chi connectivity index (χ3n) is 6.45. The molecule has 0 atom stereocenters. The minimum atomic E-state index is -0.582. The quantitative estimate of drug-likeness (QED) is 0.152. The summed E-state index contributed by atoms with van der Waals surface area (Å²) >= 11 is 0. The topological polar surface area (TPSA) is 137 Å². The second-order valence-corrected chi connectivity index (χ2v) is 9.39. The zero-order valence-electron chi connectivity index (χ0n) is 23.9. The molecular weight excluding hydrogens is 530 g/mol. The lowest BCUT2D eigenvalue weighted by Gasteiger charge is -2.22. The van der Waals surface area contributed by atoms with Gasteiger partial charge in [0.25, 0.3) is 5.69 Å². The van der Waals surface area contributed by atoms with E-state index in [1.54, 1.807) is 35.9 Å². The highest BCUT2D eigenvalue weighted by Gasteiger charge is 2.25. The lowest BCUT2D eigenvalue weighted by molar-refractivity contribution is -0.384. The predicted octanol–water partition coefficient (Wildman–Crippen LogP) is 3.99. The van der Waals surface area contributed by atoms with Crippen molar-refractivity contribution in [2.75, 3.05) is 65.3 Å². The van der Waals surface area contributed by atoms with Gasteiger partial charge in [-0.1, -0.05) is 18.2 Å². The Balaban J connectivity index is 1.81. The second-order valence-electron chi connectivity index (χ2n) is 9.39.